The molecule has 0 saturated heterocycles. The molecule has 11 heteroatoms. The second kappa shape index (κ2) is 7.53. The summed E-state index contributed by atoms with van der Waals surface area (Å²) in [7, 11) is 13.0. The molecule has 4 aromatic rings. The minimum absolute atomic E-state index is 0.122. The van der Waals surface area contributed by atoms with Gasteiger partial charge in [-0.15, -0.1) is 0 Å². The Kier molecular flexibility index (Phi) is 4.99. The van der Waals surface area contributed by atoms with Gasteiger partial charge in [0, 0.05) is 53.7 Å². The van der Waals surface area contributed by atoms with Gasteiger partial charge in [0.2, 0.25) is 5.92 Å². The number of hydrogen-bond donors (Lipinski definition) is 0. The summed E-state index contributed by atoms with van der Waals surface area (Å²) < 4.78 is 48.4. The van der Waals surface area contributed by atoms with E-state index >= 15 is 0 Å². The Morgan fingerprint density at radius 3 is 2.58 bits per heavy atom. The topological polar surface area (TPSA) is 61.7 Å². The van der Waals surface area contributed by atoms with Crippen molar-refractivity contribution in [1.29, 1.82) is 0 Å². The van der Waals surface area contributed by atoms with Crippen molar-refractivity contribution >= 4 is 26.7 Å². The highest BCUT2D eigenvalue weighted by molar-refractivity contribution is 6.38. The second-order valence-corrected chi connectivity index (χ2v) is 8.73. The summed E-state index contributed by atoms with van der Waals surface area (Å²) in [4.78, 5) is 4.66. The molecular formula is C22H20B2F3N5O. The molecule has 1 aliphatic rings. The lowest BCUT2D eigenvalue weighted by Gasteiger charge is -2.47. The molecule has 1 aliphatic carbocycles. The number of alkyl halides is 3. The first-order valence-electron chi connectivity index (χ1n) is 10.6. The van der Waals surface area contributed by atoms with E-state index < -0.39 is 23.9 Å². The van der Waals surface area contributed by atoms with Crippen LogP contribution in [0.1, 0.15) is 24.3 Å². The van der Waals surface area contributed by atoms with E-state index in [9.17, 15) is 13.2 Å². The summed E-state index contributed by atoms with van der Waals surface area (Å²) in [5.41, 5.74) is 4.77. The van der Waals surface area contributed by atoms with Crippen LogP contribution in [0, 0.1) is 19.8 Å². The molecule has 6 nitrogen and oxygen atoms in total. The first-order chi connectivity index (χ1) is 15.6. The third kappa shape index (κ3) is 3.57. The van der Waals surface area contributed by atoms with E-state index in [0.29, 0.717) is 33.6 Å². The van der Waals surface area contributed by atoms with E-state index in [1.54, 1.807) is 36.3 Å². The van der Waals surface area contributed by atoms with E-state index in [2.05, 4.69) is 15.2 Å². The van der Waals surface area contributed by atoms with Crippen molar-refractivity contribution in [3.05, 3.63) is 42.3 Å². The molecule has 1 fully saturated rings. The number of nitrogens with zero attached hydrogens (tertiary/aromatic N) is 5. The SMILES string of the molecule is [B]C([B])(C1CC(F)(F)C1)n1cc(-c2cnn(CCF)c2)c2ncc(-c3c(C)noc3C)cc21. The van der Waals surface area contributed by atoms with Gasteiger partial charge < -0.3 is 9.09 Å². The van der Waals surface area contributed by atoms with Crippen LogP contribution < -0.4 is 0 Å². The number of hydrogen-bond acceptors (Lipinski definition) is 4. The van der Waals surface area contributed by atoms with Crippen LogP contribution >= 0.6 is 0 Å². The monoisotopic (exact) mass is 449 g/mol. The lowest BCUT2D eigenvalue weighted by molar-refractivity contribution is -0.120. The van der Waals surface area contributed by atoms with Gasteiger partial charge in [0.05, 0.1) is 45.2 Å². The first kappa shape index (κ1) is 21.9. The fourth-order valence-electron chi connectivity index (χ4n) is 4.56. The number of fused-ring (bicyclic) bond motifs is 1. The van der Waals surface area contributed by atoms with Crippen molar-refractivity contribution in [3.63, 3.8) is 0 Å². The summed E-state index contributed by atoms with van der Waals surface area (Å²) in [6.07, 6.45) is 5.93. The van der Waals surface area contributed by atoms with Crippen molar-refractivity contribution in [2.45, 2.75) is 44.5 Å². The first-order valence-corrected chi connectivity index (χ1v) is 10.6. The van der Waals surface area contributed by atoms with Gasteiger partial charge in [-0.05, 0) is 31.2 Å². The highest BCUT2D eigenvalue weighted by Gasteiger charge is 2.51. The number of rotatable bonds is 6. The Morgan fingerprint density at radius 2 is 1.94 bits per heavy atom. The maximum atomic E-state index is 13.6. The van der Waals surface area contributed by atoms with Crippen molar-refractivity contribution < 1.29 is 17.7 Å². The highest BCUT2D eigenvalue weighted by atomic mass is 19.3. The zero-order valence-electron chi connectivity index (χ0n) is 18.2. The molecule has 0 N–H and O–H groups in total. The minimum atomic E-state index is -2.77. The Morgan fingerprint density at radius 1 is 1.18 bits per heavy atom. The second-order valence-electron chi connectivity index (χ2n) is 8.73. The van der Waals surface area contributed by atoms with Gasteiger partial charge >= 0.3 is 0 Å². The fourth-order valence-corrected chi connectivity index (χ4v) is 4.56. The van der Waals surface area contributed by atoms with Gasteiger partial charge in [0.25, 0.3) is 0 Å². The molecule has 0 aliphatic heterocycles. The predicted octanol–water partition coefficient (Wildman–Crippen LogP) is 4.13. The number of pyridine rings is 1. The summed E-state index contributed by atoms with van der Waals surface area (Å²) in [5.74, 6) is -2.76. The summed E-state index contributed by atoms with van der Waals surface area (Å²) in [6.45, 7) is 3.20. The molecule has 4 heterocycles. The van der Waals surface area contributed by atoms with Gasteiger partial charge in [-0.1, -0.05) is 5.16 Å². The molecule has 4 radical (unpaired) electrons. The van der Waals surface area contributed by atoms with Gasteiger partial charge in [-0.3, -0.25) is 9.67 Å². The lowest BCUT2D eigenvalue weighted by Crippen LogP contribution is -2.52. The molecular weight excluding hydrogens is 429 g/mol. The maximum Gasteiger partial charge on any atom is 0.248 e. The molecule has 0 atom stereocenters. The third-order valence-corrected chi connectivity index (χ3v) is 6.38. The third-order valence-electron chi connectivity index (χ3n) is 6.38. The fraction of sp³-hybridized carbons (Fsp3) is 0.409. The molecule has 4 aromatic heterocycles. The van der Waals surface area contributed by atoms with Crippen molar-refractivity contribution in [2.75, 3.05) is 6.67 Å². The number of aryl methyl sites for hydroxylation is 3. The Bertz CT molecular complexity index is 1320. The van der Waals surface area contributed by atoms with E-state index in [0.717, 1.165) is 11.1 Å². The smallest absolute Gasteiger partial charge is 0.248 e. The zero-order chi connectivity index (χ0) is 23.5. The van der Waals surface area contributed by atoms with E-state index in [4.69, 9.17) is 20.2 Å². The maximum absolute atomic E-state index is 13.6. The molecule has 166 valence electrons. The number of halogens is 3. The standard InChI is InChI=1S/C22H20B2F3N5O/c1-12-19(13(2)33-30-12)14-5-18-20(28-8-14)17(15-9-29-31(10-15)4-3-25)11-32(18)22(23,24)16-6-21(26,27)7-16/h5,8-11,16H,3-4,6-7H2,1-2H3. The van der Waals surface area contributed by atoms with Crippen molar-refractivity contribution in [2.24, 2.45) is 5.92 Å². The van der Waals surface area contributed by atoms with Crippen LogP contribution in [-0.2, 0) is 11.9 Å². The normalized spacial score (nSPS) is 16.4. The highest BCUT2D eigenvalue weighted by Crippen LogP contribution is 2.49. The molecule has 0 unspecified atom stereocenters. The van der Waals surface area contributed by atoms with Gasteiger partial charge in [-0.25, -0.2) is 13.2 Å². The van der Waals surface area contributed by atoms with Crippen LogP contribution in [0.4, 0.5) is 13.2 Å². The molecule has 1 saturated carbocycles. The molecule has 0 aromatic carbocycles. The molecule has 0 amide bonds. The van der Waals surface area contributed by atoms with Crippen molar-refractivity contribution in [3.8, 4) is 22.3 Å². The molecule has 0 spiro atoms. The average Bonchev–Trinajstić information content (AvgIpc) is 3.43. The van der Waals surface area contributed by atoms with Gasteiger partial charge in [-0.2, -0.15) is 5.10 Å². The molecule has 33 heavy (non-hydrogen) atoms. The Balaban J connectivity index is 1.69. The lowest BCUT2D eigenvalue weighted by atomic mass is 9.49. The quantitative estimate of drug-likeness (QED) is 0.416. The Hall–Kier alpha value is -2.97. The van der Waals surface area contributed by atoms with Gasteiger partial charge in [0.15, 0.2) is 0 Å². The van der Waals surface area contributed by atoms with E-state index in [-0.39, 0.29) is 19.4 Å². The largest absolute Gasteiger partial charge is 0.361 e. The van der Waals surface area contributed by atoms with Crippen LogP contribution in [0.5, 0.6) is 0 Å². The zero-order valence-corrected chi connectivity index (χ0v) is 18.2. The van der Waals surface area contributed by atoms with E-state index in [1.807, 2.05) is 13.0 Å². The van der Waals surface area contributed by atoms with Crippen LogP contribution in [0.2, 0.25) is 0 Å². The van der Waals surface area contributed by atoms with Crippen LogP contribution in [-0.4, -0.2) is 52.8 Å². The molecule has 0 bridgehead atoms. The summed E-state index contributed by atoms with van der Waals surface area (Å²) >= 11 is 0. The Labute approximate surface area is 191 Å². The van der Waals surface area contributed by atoms with Gasteiger partial charge in [0.1, 0.15) is 12.4 Å². The summed E-state index contributed by atoms with van der Waals surface area (Å²) in [5, 5.41) is 6.62. The molecule has 5 rings (SSSR count). The average molecular weight is 449 g/mol. The minimum Gasteiger partial charge on any atom is -0.361 e. The predicted molar refractivity (Wildman–Crippen MR) is 119 cm³/mol. The van der Waals surface area contributed by atoms with Crippen LogP contribution in [0.25, 0.3) is 33.3 Å². The van der Waals surface area contributed by atoms with Crippen LogP contribution in [0.3, 0.4) is 0 Å². The van der Waals surface area contributed by atoms with Crippen LogP contribution in [0.15, 0.2) is 35.4 Å². The number of aromatic nitrogens is 5. The van der Waals surface area contributed by atoms with Crippen molar-refractivity contribution in [1.82, 2.24) is 24.5 Å². The van der Waals surface area contributed by atoms with E-state index in [1.165, 1.54) is 4.68 Å². The summed E-state index contributed by atoms with van der Waals surface area (Å²) in [6, 6.07) is 1.86.